The van der Waals surface area contributed by atoms with Crippen molar-refractivity contribution in [3.63, 3.8) is 0 Å². The van der Waals surface area contributed by atoms with Gasteiger partial charge in [-0.1, -0.05) is 18.2 Å². The van der Waals surface area contributed by atoms with E-state index in [9.17, 15) is 9.59 Å². The molecule has 0 unspecified atom stereocenters. The maximum Gasteiger partial charge on any atom is 0.254 e. The molecule has 0 N–H and O–H groups in total. The molecule has 9 nitrogen and oxygen atoms in total. The zero-order chi connectivity index (χ0) is 22.9. The molecule has 0 spiro atoms. The highest BCUT2D eigenvalue weighted by atomic mass is 16.5. The zero-order valence-electron chi connectivity index (χ0n) is 19.0. The number of fused-ring (bicyclic) bond motifs is 1. The number of likely N-dealkylation sites (tertiary alicyclic amines) is 1. The maximum absolute atomic E-state index is 13.4. The van der Waals surface area contributed by atoms with Crippen molar-refractivity contribution >= 4 is 22.7 Å². The molecule has 33 heavy (non-hydrogen) atoms. The molecule has 3 aromatic rings. The summed E-state index contributed by atoms with van der Waals surface area (Å²) in [6.07, 6.45) is 0.817. The summed E-state index contributed by atoms with van der Waals surface area (Å²) in [5.74, 6) is 1.53. The summed E-state index contributed by atoms with van der Waals surface area (Å²) in [7, 11) is 0. The van der Waals surface area contributed by atoms with Crippen LogP contribution in [0.15, 0.2) is 30.3 Å². The van der Waals surface area contributed by atoms with E-state index in [-0.39, 0.29) is 24.3 Å². The Kier molecular flexibility index (Phi) is 5.80. The number of amides is 2. The molecule has 5 rings (SSSR count). The Morgan fingerprint density at radius 3 is 2.61 bits per heavy atom. The predicted molar refractivity (Wildman–Crippen MR) is 122 cm³/mol. The van der Waals surface area contributed by atoms with Gasteiger partial charge in [0.1, 0.15) is 18.2 Å². The van der Waals surface area contributed by atoms with E-state index in [1.807, 2.05) is 54.0 Å². The molecule has 172 valence electrons. The van der Waals surface area contributed by atoms with Crippen molar-refractivity contribution < 1.29 is 14.3 Å². The molecular formula is C24H28N6O3. The van der Waals surface area contributed by atoms with Gasteiger partial charge in [-0.05, 0) is 32.4 Å². The van der Waals surface area contributed by atoms with Gasteiger partial charge < -0.3 is 14.5 Å². The number of carbonyl (C=O) groups is 2. The molecule has 2 saturated heterocycles. The Morgan fingerprint density at radius 2 is 1.85 bits per heavy atom. The van der Waals surface area contributed by atoms with E-state index in [1.165, 1.54) is 0 Å². The maximum atomic E-state index is 13.4. The second kappa shape index (κ2) is 8.90. The minimum atomic E-state index is 0.0149. The van der Waals surface area contributed by atoms with E-state index in [2.05, 4.69) is 10.1 Å². The monoisotopic (exact) mass is 448 g/mol. The lowest BCUT2D eigenvalue weighted by Crippen LogP contribution is -2.40. The summed E-state index contributed by atoms with van der Waals surface area (Å²) >= 11 is 0. The zero-order valence-corrected chi connectivity index (χ0v) is 19.0. The average molecular weight is 449 g/mol. The number of aryl methyl sites for hydroxylation is 2. The Labute approximate surface area is 192 Å². The van der Waals surface area contributed by atoms with Gasteiger partial charge in [-0.2, -0.15) is 5.10 Å². The van der Waals surface area contributed by atoms with Gasteiger partial charge in [0, 0.05) is 43.2 Å². The van der Waals surface area contributed by atoms with Gasteiger partial charge in [0.15, 0.2) is 0 Å². The number of morpholine rings is 1. The summed E-state index contributed by atoms with van der Waals surface area (Å²) in [4.78, 5) is 39.1. The van der Waals surface area contributed by atoms with Gasteiger partial charge >= 0.3 is 0 Å². The summed E-state index contributed by atoms with van der Waals surface area (Å²) in [5, 5.41) is 5.16. The van der Waals surface area contributed by atoms with E-state index in [4.69, 9.17) is 9.72 Å². The van der Waals surface area contributed by atoms with Crippen LogP contribution in [0.25, 0.3) is 10.9 Å². The van der Waals surface area contributed by atoms with Crippen molar-refractivity contribution in [2.45, 2.75) is 32.7 Å². The fourth-order valence-electron chi connectivity index (χ4n) is 4.69. The van der Waals surface area contributed by atoms with Gasteiger partial charge in [-0.3, -0.25) is 14.6 Å². The standard InChI is InChI=1S/C24H28N6O3/c1-16-25-17(2)30(27-16)15-23(31)29-8-7-18(14-29)22-13-20(19-5-3-4-6-21(19)26-22)24(32)28-9-11-33-12-10-28/h3-6,13,18H,7-12,14-15H2,1-2H3/t18-/m1/s1. The molecule has 9 heteroatoms. The topological polar surface area (TPSA) is 93.5 Å². The lowest BCUT2D eigenvalue weighted by molar-refractivity contribution is -0.131. The molecule has 2 fully saturated rings. The number of aromatic nitrogens is 4. The highest BCUT2D eigenvalue weighted by Gasteiger charge is 2.30. The number of para-hydroxylation sites is 1. The van der Waals surface area contributed by atoms with Crippen LogP contribution in [0, 0.1) is 13.8 Å². The van der Waals surface area contributed by atoms with E-state index < -0.39 is 0 Å². The minimum absolute atomic E-state index is 0.0149. The first-order valence-electron chi connectivity index (χ1n) is 11.4. The fraction of sp³-hybridized carbons (Fsp3) is 0.458. The van der Waals surface area contributed by atoms with Crippen molar-refractivity contribution in [2.75, 3.05) is 39.4 Å². The molecule has 2 amide bonds. The van der Waals surface area contributed by atoms with E-state index in [0.29, 0.717) is 50.8 Å². The van der Waals surface area contributed by atoms with Crippen LogP contribution in [0.1, 0.15) is 40.0 Å². The molecule has 2 aliphatic rings. The molecule has 1 aromatic carbocycles. The molecule has 4 heterocycles. The summed E-state index contributed by atoms with van der Waals surface area (Å²) in [6.45, 7) is 7.42. The normalized spacial score (nSPS) is 18.8. The molecular weight excluding hydrogens is 420 g/mol. The van der Waals surface area contributed by atoms with E-state index in [0.717, 1.165) is 28.8 Å². The van der Waals surface area contributed by atoms with E-state index in [1.54, 1.807) is 4.68 Å². The highest BCUT2D eigenvalue weighted by Crippen LogP contribution is 2.30. The van der Waals surface area contributed by atoms with Crippen molar-refractivity contribution in [2.24, 2.45) is 0 Å². The quantitative estimate of drug-likeness (QED) is 0.606. The predicted octanol–water partition coefficient (Wildman–Crippen LogP) is 1.93. The largest absolute Gasteiger partial charge is 0.378 e. The van der Waals surface area contributed by atoms with Crippen LogP contribution >= 0.6 is 0 Å². The lowest BCUT2D eigenvalue weighted by Gasteiger charge is -2.27. The number of rotatable bonds is 4. The number of ether oxygens (including phenoxy) is 1. The van der Waals surface area contributed by atoms with Crippen LogP contribution in [-0.2, 0) is 16.1 Å². The van der Waals surface area contributed by atoms with Crippen molar-refractivity contribution in [3.8, 4) is 0 Å². The molecule has 0 bridgehead atoms. The van der Waals surface area contributed by atoms with Crippen LogP contribution in [0.4, 0.5) is 0 Å². The van der Waals surface area contributed by atoms with Gasteiger partial charge in [-0.15, -0.1) is 0 Å². The third kappa shape index (κ3) is 4.32. The number of hydrogen-bond donors (Lipinski definition) is 0. The molecule has 0 aliphatic carbocycles. The molecule has 0 radical (unpaired) electrons. The number of benzene rings is 1. The molecule has 0 saturated carbocycles. The summed E-state index contributed by atoms with van der Waals surface area (Å²) < 4.78 is 7.06. The Bertz CT molecular complexity index is 1200. The summed E-state index contributed by atoms with van der Waals surface area (Å²) in [6, 6.07) is 9.71. The first-order valence-corrected chi connectivity index (χ1v) is 11.4. The Morgan fingerprint density at radius 1 is 1.06 bits per heavy atom. The van der Waals surface area contributed by atoms with Gasteiger partial charge in [-0.25, -0.2) is 9.67 Å². The van der Waals surface area contributed by atoms with Crippen LogP contribution in [-0.4, -0.2) is 80.8 Å². The van der Waals surface area contributed by atoms with Crippen molar-refractivity contribution in [3.05, 3.63) is 53.2 Å². The number of carbonyl (C=O) groups excluding carboxylic acids is 2. The van der Waals surface area contributed by atoms with Crippen LogP contribution in [0.2, 0.25) is 0 Å². The van der Waals surface area contributed by atoms with Gasteiger partial charge in [0.25, 0.3) is 5.91 Å². The van der Waals surface area contributed by atoms with Crippen molar-refractivity contribution in [1.29, 1.82) is 0 Å². The second-order valence-corrected chi connectivity index (χ2v) is 8.71. The molecule has 2 aromatic heterocycles. The lowest BCUT2D eigenvalue weighted by atomic mass is 9.99. The average Bonchev–Trinajstić information content (AvgIpc) is 3.45. The fourth-order valence-corrected chi connectivity index (χ4v) is 4.69. The summed E-state index contributed by atoms with van der Waals surface area (Å²) in [5.41, 5.74) is 2.36. The van der Waals surface area contributed by atoms with E-state index >= 15 is 0 Å². The van der Waals surface area contributed by atoms with Crippen molar-refractivity contribution in [1.82, 2.24) is 29.5 Å². The Balaban J connectivity index is 1.38. The minimum Gasteiger partial charge on any atom is -0.378 e. The first kappa shape index (κ1) is 21.5. The number of nitrogens with zero attached hydrogens (tertiary/aromatic N) is 6. The highest BCUT2D eigenvalue weighted by molar-refractivity contribution is 6.06. The second-order valence-electron chi connectivity index (χ2n) is 8.71. The molecule has 1 atom stereocenters. The van der Waals surface area contributed by atoms with Crippen LogP contribution in [0.5, 0.6) is 0 Å². The SMILES string of the molecule is Cc1nc(C)n(CC(=O)N2CC[C@@H](c3cc(C(=O)N4CCOCC4)c4ccccc4n3)C2)n1. The van der Waals surface area contributed by atoms with Crippen LogP contribution < -0.4 is 0 Å². The smallest absolute Gasteiger partial charge is 0.254 e. The first-order chi connectivity index (χ1) is 16.0. The third-order valence-electron chi connectivity index (χ3n) is 6.47. The molecule has 2 aliphatic heterocycles. The number of hydrogen-bond acceptors (Lipinski definition) is 6. The third-order valence-corrected chi connectivity index (χ3v) is 6.47. The van der Waals surface area contributed by atoms with Gasteiger partial charge in [0.05, 0.1) is 24.3 Å². The van der Waals surface area contributed by atoms with Gasteiger partial charge in [0.2, 0.25) is 5.91 Å². The number of pyridine rings is 1. The Hall–Kier alpha value is -3.33. The van der Waals surface area contributed by atoms with Crippen LogP contribution in [0.3, 0.4) is 0 Å².